The van der Waals surface area contributed by atoms with E-state index >= 15 is 0 Å². The van der Waals surface area contributed by atoms with Gasteiger partial charge < -0.3 is 21.1 Å². The van der Waals surface area contributed by atoms with E-state index < -0.39 is 35.9 Å². The number of halogens is 1. The van der Waals surface area contributed by atoms with Gasteiger partial charge in [0.1, 0.15) is 24.6 Å². The average molecular weight is 505 g/mol. The van der Waals surface area contributed by atoms with Gasteiger partial charge >= 0.3 is 6.01 Å². The van der Waals surface area contributed by atoms with Gasteiger partial charge in [-0.15, -0.1) is 0 Å². The third-order valence-corrected chi connectivity index (χ3v) is 5.95. The summed E-state index contributed by atoms with van der Waals surface area (Å²) in [5, 5.41) is 24.1. The van der Waals surface area contributed by atoms with Crippen LogP contribution in [0.1, 0.15) is 16.9 Å². The summed E-state index contributed by atoms with van der Waals surface area (Å²) in [6, 6.07) is 6.62. The Morgan fingerprint density at radius 1 is 1.14 bits per heavy atom. The highest BCUT2D eigenvalue weighted by molar-refractivity contribution is 6.05. The van der Waals surface area contributed by atoms with Crippen LogP contribution >= 0.6 is 0 Å². The van der Waals surface area contributed by atoms with Gasteiger partial charge in [-0.1, -0.05) is 6.07 Å². The van der Waals surface area contributed by atoms with Crippen LogP contribution in [0, 0.1) is 0 Å². The minimum atomic E-state index is -1.41. The molecule has 1 fully saturated rings. The number of fused-ring (bicyclic) bond motifs is 1. The Kier molecular flexibility index (Phi) is 6.13. The van der Waals surface area contributed by atoms with Crippen LogP contribution in [-0.2, 0) is 16.1 Å². The minimum Gasteiger partial charge on any atom is -0.479 e. The second kappa shape index (κ2) is 9.56. The van der Waals surface area contributed by atoms with Crippen molar-refractivity contribution in [2.24, 2.45) is 5.73 Å². The van der Waals surface area contributed by atoms with Crippen LogP contribution in [0.4, 0.5) is 10.2 Å². The molecule has 0 bridgehead atoms. The standard InChI is InChI=1S/C23H20FN9O4/c24-14-8-17(22(36)29-18-4-5-26-23(37)30-18)32(10-14)19(34)11-33-16-2-1-12(13-3-6-27-28-9-13)7-15(16)20(31-33)21(25)35/h1-7,9,14,17H,8,10-11H2,(H2,25,35)(H2,26,29,30,36,37). The topological polar surface area (TPSA) is 182 Å². The van der Waals surface area contributed by atoms with Gasteiger partial charge in [0.15, 0.2) is 5.69 Å². The number of aromatic hydroxyl groups is 1. The number of benzene rings is 1. The largest absolute Gasteiger partial charge is 0.479 e. The number of anilines is 1. The van der Waals surface area contributed by atoms with Gasteiger partial charge in [0.05, 0.1) is 24.5 Å². The van der Waals surface area contributed by atoms with E-state index in [0.29, 0.717) is 10.9 Å². The zero-order valence-electron chi connectivity index (χ0n) is 19.2. The molecule has 13 nitrogen and oxygen atoms in total. The molecule has 0 radical (unpaired) electrons. The molecule has 1 aromatic carbocycles. The van der Waals surface area contributed by atoms with Crippen molar-refractivity contribution in [1.82, 2.24) is 34.8 Å². The summed E-state index contributed by atoms with van der Waals surface area (Å²) in [5.74, 6) is -2.01. The molecule has 14 heteroatoms. The number of hydrogen-bond donors (Lipinski definition) is 3. The Morgan fingerprint density at radius 3 is 2.70 bits per heavy atom. The van der Waals surface area contributed by atoms with Crippen LogP contribution in [0.25, 0.3) is 22.0 Å². The van der Waals surface area contributed by atoms with Crippen LogP contribution in [-0.4, -0.2) is 76.4 Å². The number of nitrogens with two attached hydrogens (primary N) is 1. The molecule has 5 rings (SSSR count). The molecular formula is C23H20FN9O4. The molecule has 37 heavy (non-hydrogen) atoms. The molecule has 4 heterocycles. The maximum Gasteiger partial charge on any atom is 0.315 e. The molecule has 1 aliphatic rings. The number of nitrogens with one attached hydrogen (secondary N) is 1. The third kappa shape index (κ3) is 4.76. The molecule has 4 N–H and O–H groups in total. The van der Waals surface area contributed by atoms with Gasteiger partial charge in [0.2, 0.25) is 11.8 Å². The molecule has 2 atom stereocenters. The van der Waals surface area contributed by atoms with Crippen molar-refractivity contribution in [2.75, 3.05) is 11.9 Å². The fourth-order valence-electron chi connectivity index (χ4n) is 4.28. The number of carbonyl (C=O) groups excluding carboxylic acids is 3. The molecule has 0 saturated carbocycles. The lowest BCUT2D eigenvalue weighted by Gasteiger charge is -2.23. The number of likely N-dealkylation sites (tertiary alicyclic amines) is 1. The Labute approximate surface area is 208 Å². The van der Waals surface area contributed by atoms with E-state index in [1.807, 2.05) is 0 Å². The van der Waals surface area contributed by atoms with E-state index in [9.17, 15) is 23.9 Å². The third-order valence-electron chi connectivity index (χ3n) is 5.95. The van der Waals surface area contributed by atoms with Crippen molar-refractivity contribution in [3.05, 3.63) is 54.6 Å². The first-order chi connectivity index (χ1) is 17.8. The minimum absolute atomic E-state index is 0.0107. The fourth-order valence-corrected chi connectivity index (χ4v) is 4.28. The molecule has 0 aliphatic carbocycles. The van der Waals surface area contributed by atoms with Crippen LogP contribution in [0.15, 0.2) is 48.9 Å². The Morgan fingerprint density at radius 2 is 1.97 bits per heavy atom. The van der Waals surface area contributed by atoms with Gasteiger partial charge in [0, 0.05) is 23.6 Å². The van der Waals surface area contributed by atoms with E-state index in [1.165, 1.54) is 23.1 Å². The summed E-state index contributed by atoms with van der Waals surface area (Å²) in [6.45, 7) is -0.641. The highest BCUT2D eigenvalue weighted by Gasteiger charge is 2.40. The smallest absolute Gasteiger partial charge is 0.315 e. The van der Waals surface area contributed by atoms with E-state index in [2.05, 4.69) is 30.6 Å². The first-order valence-corrected chi connectivity index (χ1v) is 11.1. The highest BCUT2D eigenvalue weighted by atomic mass is 19.1. The second-order valence-electron chi connectivity index (χ2n) is 8.36. The SMILES string of the molecule is NC(=O)c1nn(CC(=O)N2CC(F)CC2C(=O)Nc2ccnc(O)n2)c2ccc(-c3ccnnc3)cc12. The number of carbonyl (C=O) groups is 3. The normalized spacial score (nSPS) is 17.2. The van der Waals surface area contributed by atoms with E-state index in [0.717, 1.165) is 16.0 Å². The highest BCUT2D eigenvalue weighted by Crippen LogP contribution is 2.27. The lowest BCUT2D eigenvalue weighted by Crippen LogP contribution is -2.44. The van der Waals surface area contributed by atoms with Crippen LogP contribution in [0.5, 0.6) is 6.01 Å². The molecule has 1 aliphatic heterocycles. The summed E-state index contributed by atoms with van der Waals surface area (Å²) >= 11 is 0. The first kappa shape index (κ1) is 23.7. The number of primary amides is 1. The van der Waals surface area contributed by atoms with Gasteiger partial charge in [-0.3, -0.25) is 19.1 Å². The van der Waals surface area contributed by atoms with Gasteiger partial charge in [-0.05, 0) is 29.8 Å². The maximum atomic E-state index is 14.3. The maximum absolute atomic E-state index is 14.3. The lowest BCUT2D eigenvalue weighted by atomic mass is 10.0. The lowest BCUT2D eigenvalue weighted by molar-refractivity contribution is -0.137. The molecule has 1 saturated heterocycles. The van der Waals surface area contributed by atoms with Gasteiger partial charge in [0.25, 0.3) is 5.91 Å². The van der Waals surface area contributed by atoms with Crippen molar-refractivity contribution in [2.45, 2.75) is 25.2 Å². The average Bonchev–Trinajstić information content (AvgIpc) is 3.45. The van der Waals surface area contributed by atoms with Gasteiger partial charge in [-0.2, -0.15) is 20.3 Å². The molecule has 2 unspecified atom stereocenters. The number of hydrogen-bond acceptors (Lipinski definition) is 9. The number of alkyl halides is 1. The van der Waals surface area contributed by atoms with Crippen LogP contribution in [0.2, 0.25) is 0 Å². The summed E-state index contributed by atoms with van der Waals surface area (Å²) < 4.78 is 15.6. The fraction of sp³-hybridized carbons (Fsp3) is 0.217. The van der Waals surface area contributed by atoms with Crippen molar-refractivity contribution in [1.29, 1.82) is 0 Å². The predicted octanol–water partition coefficient (Wildman–Crippen LogP) is 0.665. The summed E-state index contributed by atoms with van der Waals surface area (Å²) in [7, 11) is 0. The quantitative estimate of drug-likeness (QED) is 0.339. The van der Waals surface area contributed by atoms with E-state index in [4.69, 9.17) is 5.73 Å². The first-order valence-electron chi connectivity index (χ1n) is 11.1. The summed E-state index contributed by atoms with van der Waals surface area (Å²) in [5.41, 5.74) is 7.46. The van der Waals surface area contributed by atoms with Crippen molar-refractivity contribution in [3.63, 3.8) is 0 Å². The van der Waals surface area contributed by atoms with Crippen molar-refractivity contribution < 1.29 is 23.9 Å². The Balaban J connectivity index is 1.41. The predicted molar refractivity (Wildman–Crippen MR) is 127 cm³/mol. The summed E-state index contributed by atoms with van der Waals surface area (Å²) in [6.07, 6.45) is 2.72. The molecule has 188 valence electrons. The molecular weight excluding hydrogens is 485 g/mol. The Hall–Kier alpha value is -5.01. The second-order valence-corrected chi connectivity index (χ2v) is 8.36. The molecule has 3 amide bonds. The molecule has 0 spiro atoms. The number of nitrogens with zero attached hydrogens (tertiary/aromatic N) is 7. The summed E-state index contributed by atoms with van der Waals surface area (Å²) in [4.78, 5) is 46.4. The van der Waals surface area contributed by atoms with Crippen molar-refractivity contribution >= 4 is 34.4 Å². The van der Waals surface area contributed by atoms with Gasteiger partial charge in [-0.25, -0.2) is 9.37 Å². The molecule has 4 aromatic rings. The number of rotatable bonds is 6. The van der Waals surface area contributed by atoms with E-state index in [1.54, 1.807) is 30.5 Å². The van der Waals surface area contributed by atoms with Crippen molar-refractivity contribution in [3.8, 4) is 17.1 Å². The zero-order valence-corrected chi connectivity index (χ0v) is 19.2. The van der Waals surface area contributed by atoms with Crippen LogP contribution < -0.4 is 11.1 Å². The number of aromatic nitrogens is 6. The van der Waals surface area contributed by atoms with E-state index in [-0.39, 0.29) is 31.0 Å². The number of amides is 3. The van der Waals surface area contributed by atoms with Crippen LogP contribution in [0.3, 0.4) is 0 Å². The Bertz CT molecular complexity index is 1510. The monoisotopic (exact) mass is 505 g/mol. The zero-order chi connectivity index (χ0) is 26.1. The molecule has 3 aromatic heterocycles.